The van der Waals surface area contributed by atoms with Crippen molar-refractivity contribution in [2.75, 3.05) is 26.2 Å². The number of hydrogen-bond acceptors (Lipinski definition) is 2. The highest BCUT2D eigenvalue weighted by molar-refractivity contribution is 4.82. The van der Waals surface area contributed by atoms with Gasteiger partial charge in [-0.3, -0.25) is 0 Å². The normalized spacial score (nSPS) is 26.8. The van der Waals surface area contributed by atoms with Crippen molar-refractivity contribution in [3.8, 4) is 0 Å². The van der Waals surface area contributed by atoms with Gasteiger partial charge >= 0.3 is 0 Å². The van der Waals surface area contributed by atoms with E-state index in [9.17, 15) is 0 Å². The SMILES string of the molecule is CCC(C)C1CN(CC(C)C)CCN1. The van der Waals surface area contributed by atoms with Crippen LogP contribution in [0.2, 0.25) is 0 Å². The third kappa shape index (κ3) is 3.58. The van der Waals surface area contributed by atoms with Crippen LogP contribution >= 0.6 is 0 Å². The Morgan fingerprint density at radius 2 is 2.07 bits per heavy atom. The van der Waals surface area contributed by atoms with Crippen LogP contribution in [0.4, 0.5) is 0 Å². The van der Waals surface area contributed by atoms with Crippen molar-refractivity contribution >= 4 is 0 Å². The van der Waals surface area contributed by atoms with Crippen molar-refractivity contribution in [3.05, 3.63) is 0 Å². The highest BCUT2D eigenvalue weighted by Gasteiger charge is 2.22. The Balaban J connectivity index is 2.35. The van der Waals surface area contributed by atoms with Gasteiger partial charge in [-0.1, -0.05) is 34.1 Å². The van der Waals surface area contributed by atoms with E-state index < -0.39 is 0 Å². The fraction of sp³-hybridized carbons (Fsp3) is 1.00. The van der Waals surface area contributed by atoms with Crippen LogP contribution in [0.5, 0.6) is 0 Å². The van der Waals surface area contributed by atoms with E-state index in [4.69, 9.17) is 0 Å². The van der Waals surface area contributed by atoms with Crippen molar-refractivity contribution in [2.24, 2.45) is 11.8 Å². The second kappa shape index (κ2) is 5.72. The smallest absolute Gasteiger partial charge is 0.0221 e. The number of hydrogen-bond donors (Lipinski definition) is 1. The molecule has 1 aliphatic rings. The first kappa shape index (κ1) is 12.0. The van der Waals surface area contributed by atoms with Crippen molar-refractivity contribution in [1.29, 1.82) is 0 Å². The summed E-state index contributed by atoms with van der Waals surface area (Å²) in [6, 6.07) is 0.715. The third-order valence-corrected chi connectivity index (χ3v) is 3.24. The van der Waals surface area contributed by atoms with Crippen LogP contribution in [0.25, 0.3) is 0 Å². The third-order valence-electron chi connectivity index (χ3n) is 3.24. The Hall–Kier alpha value is -0.0800. The number of nitrogens with one attached hydrogen (secondary N) is 1. The summed E-state index contributed by atoms with van der Waals surface area (Å²) >= 11 is 0. The van der Waals surface area contributed by atoms with E-state index in [1.165, 1.54) is 32.6 Å². The zero-order valence-corrected chi connectivity index (χ0v) is 10.2. The van der Waals surface area contributed by atoms with Gasteiger partial charge in [0, 0.05) is 32.2 Å². The maximum Gasteiger partial charge on any atom is 0.0221 e. The maximum absolute atomic E-state index is 3.63. The summed E-state index contributed by atoms with van der Waals surface area (Å²) in [6.07, 6.45) is 1.28. The van der Waals surface area contributed by atoms with Gasteiger partial charge in [-0.25, -0.2) is 0 Å². The standard InChI is InChI=1S/C12H26N2/c1-5-11(4)12-9-14(7-6-13-12)8-10(2)3/h10-13H,5-9H2,1-4H3. The van der Waals surface area contributed by atoms with E-state index in [1.807, 2.05) is 0 Å². The first-order valence-electron chi connectivity index (χ1n) is 6.09. The summed E-state index contributed by atoms with van der Waals surface area (Å²) in [4.78, 5) is 2.61. The average molecular weight is 198 g/mol. The van der Waals surface area contributed by atoms with Gasteiger partial charge < -0.3 is 10.2 Å². The van der Waals surface area contributed by atoms with Gasteiger partial charge in [0.15, 0.2) is 0 Å². The minimum Gasteiger partial charge on any atom is -0.311 e. The van der Waals surface area contributed by atoms with Crippen LogP contribution in [0.1, 0.15) is 34.1 Å². The lowest BCUT2D eigenvalue weighted by atomic mass is 9.97. The molecule has 0 aromatic rings. The Kier molecular flexibility index (Phi) is 4.90. The molecule has 1 aliphatic heterocycles. The molecule has 0 aromatic heterocycles. The van der Waals surface area contributed by atoms with Crippen molar-refractivity contribution < 1.29 is 0 Å². The lowest BCUT2D eigenvalue weighted by molar-refractivity contribution is 0.154. The predicted molar refractivity (Wildman–Crippen MR) is 62.5 cm³/mol. The molecule has 2 atom stereocenters. The molecule has 0 aromatic carbocycles. The molecule has 84 valence electrons. The second-order valence-electron chi connectivity index (χ2n) is 5.10. The van der Waals surface area contributed by atoms with Crippen LogP contribution in [0.15, 0.2) is 0 Å². The summed E-state index contributed by atoms with van der Waals surface area (Å²) in [5, 5.41) is 3.63. The van der Waals surface area contributed by atoms with Gasteiger partial charge in [0.1, 0.15) is 0 Å². The van der Waals surface area contributed by atoms with Gasteiger partial charge in [-0.15, -0.1) is 0 Å². The molecule has 1 saturated heterocycles. The lowest BCUT2D eigenvalue weighted by Gasteiger charge is -2.37. The number of rotatable bonds is 4. The predicted octanol–water partition coefficient (Wildman–Crippen LogP) is 1.96. The Morgan fingerprint density at radius 1 is 1.36 bits per heavy atom. The van der Waals surface area contributed by atoms with Gasteiger partial charge in [0.05, 0.1) is 0 Å². The van der Waals surface area contributed by atoms with E-state index in [0.29, 0.717) is 6.04 Å². The van der Waals surface area contributed by atoms with Crippen molar-refractivity contribution in [1.82, 2.24) is 10.2 Å². The molecular formula is C12H26N2. The van der Waals surface area contributed by atoms with Gasteiger partial charge in [0.2, 0.25) is 0 Å². The first-order valence-corrected chi connectivity index (χ1v) is 6.09. The summed E-state index contributed by atoms with van der Waals surface area (Å²) in [5.41, 5.74) is 0. The molecule has 0 amide bonds. The largest absolute Gasteiger partial charge is 0.311 e. The summed E-state index contributed by atoms with van der Waals surface area (Å²) in [7, 11) is 0. The van der Waals surface area contributed by atoms with Crippen LogP contribution in [-0.4, -0.2) is 37.1 Å². The second-order valence-corrected chi connectivity index (χ2v) is 5.10. The minimum absolute atomic E-state index is 0.715. The lowest BCUT2D eigenvalue weighted by Crippen LogP contribution is -2.53. The molecule has 0 bridgehead atoms. The molecule has 0 saturated carbocycles. The Labute approximate surface area is 89.1 Å². The monoisotopic (exact) mass is 198 g/mol. The molecule has 0 spiro atoms. The van der Waals surface area contributed by atoms with Gasteiger partial charge in [0.25, 0.3) is 0 Å². The van der Waals surface area contributed by atoms with Gasteiger partial charge in [-0.05, 0) is 11.8 Å². The molecule has 1 N–H and O–H groups in total. The Bertz CT molecular complexity index is 156. The van der Waals surface area contributed by atoms with E-state index in [2.05, 4.69) is 37.9 Å². The summed E-state index contributed by atoms with van der Waals surface area (Å²) < 4.78 is 0. The molecule has 2 nitrogen and oxygen atoms in total. The van der Waals surface area contributed by atoms with E-state index in [0.717, 1.165) is 11.8 Å². The molecule has 0 aliphatic carbocycles. The zero-order chi connectivity index (χ0) is 10.6. The van der Waals surface area contributed by atoms with Crippen molar-refractivity contribution in [3.63, 3.8) is 0 Å². The molecular weight excluding hydrogens is 172 g/mol. The average Bonchev–Trinajstić information content (AvgIpc) is 2.16. The number of nitrogens with zero attached hydrogens (tertiary/aromatic N) is 1. The van der Waals surface area contributed by atoms with E-state index >= 15 is 0 Å². The topological polar surface area (TPSA) is 15.3 Å². The van der Waals surface area contributed by atoms with Crippen LogP contribution < -0.4 is 5.32 Å². The van der Waals surface area contributed by atoms with Crippen LogP contribution in [0.3, 0.4) is 0 Å². The van der Waals surface area contributed by atoms with Crippen LogP contribution in [0, 0.1) is 11.8 Å². The van der Waals surface area contributed by atoms with Gasteiger partial charge in [-0.2, -0.15) is 0 Å². The van der Waals surface area contributed by atoms with Crippen LogP contribution in [-0.2, 0) is 0 Å². The molecule has 14 heavy (non-hydrogen) atoms. The molecule has 2 heteroatoms. The van der Waals surface area contributed by atoms with E-state index in [-0.39, 0.29) is 0 Å². The zero-order valence-electron chi connectivity index (χ0n) is 10.2. The molecule has 0 radical (unpaired) electrons. The molecule has 1 fully saturated rings. The highest BCUT2D eigenvalue weighted by atomic mass is 15.2. The fourth-order valence-electron chi connectivity index (χ4n) is 2.19. The molecule has 2 unspecified atom stereocenters. The fourth-order valence-corrected chi connectivity index (χ4v) is 2.19. The number of piperazine rings is 1. The Morgan fingerprint density at radius 3 is 2.64 bits per heavy atom. The molecule has 1 rings (SSSR count). The quantitative estimate of drug-likeness (QED) is 0.743. The van der Waals surface area contributed by atoms with Crippen molar-refractivity contribution in [2.45, 2.75) is 40.2 Å². The highest BCUT2D eigenvalue weighted by Crippen LogP contribution is 2.13. The minimum atomic E-state index is 0.715. The maximum atomic E-state index is 3.63. The molecule has 1 heterocycles. The summed E-state index contributed by atoms with van der Waals surface area (Å²) in [5.74, 6) is 1.61. The first-order chi connectivity index (χ1) is 6.63. The summed E-state index contributed by atoms with van der Waals surface area (Å²) in [6.45, 7) is 14.2. The van der Waals surface area contributed by atoms with E-state index in [1.54, 1.807) is 0 Å².